The smallest absolute Gasteiger partial charge is 0.263 e. The molecule has 3 rings (SSSR count). The first-order valence-electron chi connectivity index (χ1n) is 7.97. The van der Waals surface area contributed by atoms with E-state index in [1.807, 2.05) is 13.8 Å². The summed E-state index contributed by atoms with van der Waals surface area (Å²) in [6.45, 7) is 4.18. The van der Waals surface area contributed by atoms with Crippen LogP contribution in [0.4, 0.5) is 5.69 Å². The number of ether oxygens (including phenoxy) is 1. The number of carbonyl (C=O) groups is 1. The molecule has 0 bridgehead atoms. The maximum absolute atomic E-state index is 12.6. The lowest BCUT2D eigenvalue weighted by molar-refractivity contribution is 0.102. The van der Waals surface area contributed by atoms with Crippen molar-refractivity contribution in [1.29, 1.82) is 0 Å². The Hall–Kier alpha value is -3.49. The van der Waals surface area contributed by atoms with Gasteiger partial charge < -0.3 is 14.6 Å². The Morgan fingerprint density at radius 2 is 2.08 bits per heavy atom. The molecule has 9 nitrogen and oxygen atoms in total. The van der Waals surface area contributed by atoms with Crippen LogP contribution in [-0.4, -0.2) is 37.8 Å². The number of pyridine rings is 1. The molecule has 134 valence electrons. The zero-order valence-corrected chi connectivity index (χ0v) is 14.6. The van der Waals surface area contributed by atoms with E-state index >= 15 is 0 Å². The average molecular weight is 354 g/mol. The molecule has 0 aliphatic carbocycles. The van der Waals surface area contributed by atoms with Crippen molar-refractivity contribution in [2.45, 2.75) is 20.4 Å². The van der Waals surface area contributed by atoms with Gasteiger partial charge in [-0.05, 0) is 42.5 Å². The van der Waals surface area contributed by atoms with Crippen molar-refractivity contribution in [1.82, 2.24) is 24.8 Å². The van der Waals surface area contributed by atoms with Gasteiger partial charge in [0.2, 0.25) is 0 Å². The van der Waals surface area contributed by atoms with Gasteiger partial charge in [0, 0.05) is 30.1 Å². The Kier molecular flexibility index (Phi) is 4.78. The second-order valence-electron chi connectivity index (χ2n) is 5.57. The van der Waals surface area contributed by atoms with Crippen LogP contribution in [0.5, 0.6) is 5.75 Å². The fraction of sp³-hybridized carbons (Fsp3) is 0.235. The van der Waals surface area contributed by atoms with E-state index in [4.69, 9.17) is 4.74 Å². The SMILES string of the molecule is CCn1c(C)ccc(C(=O)Nc2cc(OC)cc(-n3cnnn3)c2)c1=O. The van der Waals surface area contributed by atoms with Gasteiger partial charge in [0.05, 0.1) is 12.8 Å². The Labute approximate surface area is 149 Å². The monoisotopic (exact) mass is 354 g/mol. The first-order valence-corrected chi connectivity index (χ1v) is 7.97. The van der Waals surface area contributed by atoms with Crippen molar-refractivity contribution >= 4 is 11.6 Å². The number of methoxy groups -OCH3 is 1. The molecule has 2 aromatic heterocycles. The van der Waals surface area contributed by atoms with Gasteiger partial charge in [-0.1, -0.05) is 0 Å². The minimum Gasteiger partial charge on any atom is -0.497 e. The molecule has 0 atom stereocenters. The largest absolute Gasteiger partial charge is 0.497 e. The van der Waals surface area contributed by atoms with Gasteiger partial charge in [-0.25, -0.2) is 4.68 Å². The summed E-state index contributed by atoms with van der Waals surface area (Å²) in [4.78, 5) is 25.1. The molecule has 0 spiro atoms. The van der Waals surface area contributed by atoms with Gasteiger partial charge in [-0.3, -0.25) is 9.59 Å². The highest BCUT2D eigenvalue weighted by atomic mass is 16.5. The van der Waals surface area contributed by atoms with Gasteiger partial charge in [-0.2, -0.15) is 0 Å². The molecule has 0 radical (unpaired) electrons. The van der Waals surface area contributed by atoms with E-state index in [2.05, 4.69) is 20.8 Å². The number of aryl methyl sites for hydroxylation is 1. The van der Waals surface area contributed by atoms with E-state index in [1.54, 1.807) is 28.8 Å². The minimum atomic E-state index is -0.492. The van der Waals surface area contributed by atoms with Gasteiger partial charge in [0.15, 0.2) is 0 Å². The number of benzene rings is 1. The van der Waals surface area contributed by atoms with E-state index in [1.165, 1.54) is 24.2 Å². The van der Waals surface area contributed by atoms with Crippen LogP contribution in [0.2, 0.25) is 0 Å². The zero-order chi connectivity index (χ0) is 18.7. The number of nitrogens with one attached hydrogen (secondary N) is 1. The molecule has 9 heteroatoms. The third kappa shape index (κ3) is 3.32. The highest BCUT2D eigenvalue weighted by Gasteiger charge is 2.15. The molecule has 0 saturated carbocycles. The highest BCUT2D eigenvalue weighted by molar-refractivity contribution is 6.04. The predicted octanol–water partition coefficient (Wildman–Crippen LogP) is 1.41. The number of nitrogens with zero attached hydrogens (tertiary/aromatic N) is 5. The van der Waals surface area contributed by atoms with Crippen LogP contribution >= 0.6 is 0 Å². The summed E-state index contributed by atoms with van der Waals surface area (Å²) in [6.07, 6.45) is 1.43. The number of anilines is 1. The summed E-state index contributed by atoms with van der Waals surface area (Å²) in [7, 11) is 1.52. The molecule has 3 aromatic rings. The zero-order valence-electron chi connectivity index (χ0n) is 14.6. The minimum absolute atomic E-state index is 0.0734. The molecule has 0 aliphatic heterocycles. The van der Waals surface area contributed by atoms with Crippen molar-refractivity contribution in [3.05, 3.63) is 58.3 Å². The molecule has 1 N–H and O–H groups in total. The van der Waals surface area contributed by atoms with Crippen molar-refractivity contribution < 1.29 is 9.53 Å². The normalized spacial score (nSPS) is 10.6. The fourth-order valence-electron chi connectivity index (χ4n) is 2.62. The topological polar surface area (TPSA) is 104 Å². The molecular weight excluding hydrogens is 336 g/mol. The van der Waals surface area contributed by atoms with Gasteiger partial charge in [0.1, 0.15) is 17.6 Å². The standard InChI is InChI=1S/C17H18N6O3/c1-4-22-11(2)5-6-15(17(22)25)16(24)19-12-7-13(9-14(8-12)26-3)23-10-18-20-21-23/h5-10H,4H2,1-3H3,(H,19,24). The molecule has 26 heavy (non-hydrogen) atoms. The summed E-state index contributed by atoms with van der Waals surface area (Å²) >= 11 is 0. The number of aromatic nitrogens is 5. The van der Waals surface area contributed by atoms with Crippen LogP contribution in [0.25, 0.3) is 5.69 Å². The molecule has 0 aliphatic rings. The van der Waals surface area contributed by atoms with Gasteiger partial charge in [0.25, 0.3) is 11.5 Å². The lowest BCUT2D eigenvalue weighted by atomic mass is 10.2. The van der Waals surface area contributed by atoms with Crippen molar-refractivity contribution in [2.75, 3.05) is 12.4 Å². The van der Waals surface area contributed by atoms with Gasteiger partial charge >= 0.3 is 0 Å². The molecular formula is C17H18N6O3. The second-order valence-corrected chi connectivity index (χ2v) is 5.57. The maximum atomic E-state index is 12.6. The number of carbonyl (C=O) groups excluding carboxylic acids is 1. The Morgan fingerprint density at radius 3 is 2.73 bits per heavy atom. The number of amides is 1. The number of hydrogen-bond donors (Lipinski definition) is 1. The Bertz CT molecular complexity index is 994. The van der Waals surface area contributed by atoms with Crippen molar-refractivity contribution in [3.63, 3.8) is 0 Å². The average Bonchev–Trinajstić information content (AvgIpc) is 3.16. The maximum Gasteiger partial charge on any atom is 0.263 e. The highest BCUT2D eigenvalue weighted by Crippen LogP contribution is 2.23. The van der Waals surface area contributed by atoms with Crippen molar-refractivity contribution in [3.8, 4) is 11.4 Å². The fourth-order valence-corrected chi connectivity index (χ4v) is 2.62. The quantitative estimate of drug-likeness (QED) is 0.743. The molecule has 0 saturated heterocycles. The summed E-state index contributed by atoms with van der Waals surface area (Å²) in [5, 5.41) is 13.7. The second kappa shape index (κ2) is 7.18. The summed E-state index contributed by atoms with van der Waals surface area (Å²) in [5.41, 5.74) is 1.62. The van der Waals surface area contributed by atoms with E-state index < -0.39 is 5.91 Å². The summed E-state index contributed by atoms with van der Waals surface area (Å²) < 4.78 is 8.24. The van der Waals surface area contributed by atoms with E-state index in [0.29, 0.717) is 23.7 Å². The van der Waals surface area contributed by atoms with E-state index in [9.17, 15) is 9.59 Å². The van der Waals surface area contributed by atoms with Crippen LogP contribution in [0.15, 0.2) is 41.5 Å². The summed E-state index contributed by atoms with van der Waals surface area (Å²) in [5.74, 6) is 0.0243. The van der Waals surface area contributed by atoms with Gasteiger partial charge in [-0.15, -0.1) is 5.10 Å². The number of tetrazole rings is 1. The van der Waals surface area contributed by atoms with Crippen LogP contribution in [0.3, 0.4) is 0 Å². The lowest BCUT2D eigenvalue weighted by Gasteiger charge is -2.12. The molecule has 1 amide bonds. The van der Waals surface area contributed by atoms with Crippen LogP contribution < -0.4 is 15.6 Å². The Balaban J connectivity index is 1.95. The lowest BCUT2D eigenvalue weighted by Crippen LogP contribution is -2.29. The summed E-state index contributed by atoms with van der Waals surface area (Å²) in [6, 6.07) is 8.34. The van der Waals surface area contributed by atoms with Crippen LogP contribution in [0, 0.1) is 6.92 Å². The first kappa shape index (κ1) is 17.3. The molecule has 0 fully saturated rings. The molecule has 1 aromatic carbocycles. The van der Waals surface area contributed by atoms with Crippen LogP contribution in [0.1, 0.15) is 23.0 Å². The first-order chi connectivity index (χ1) is 12.5. The van der Waals surface area contributed by atoms with E-state index in [0.717, 1.165) is 5.69 Å². The number of hydrogen-bond acceptors (Lipinski definition) is 6. The third-order valence-corrected chi connectivity index (χ3v) is 3.95. The third-order valence-electron chi connectivity index (χ3n) is 3.95. The predicted molar refractivity (Wildman–Crippen MR) is 94.8 cm³/mol. The molecule has 2 heterocycles. The number of rotatable bonds is 5. The van der Waals surface area contributed by atoms with E-state index in [-0.39, 0.29) is 11.1 Å². The Morgan fingerprint density at radius 1 is 1.27 bits per heavy atom. The van der Waals surface area contributed by atoms with Crippen LogP contribution in [-0.2, 0) is 6.54 Å². The molecule has 0 unspecified atom stereocenters. The van der Waals surface area contributed by atoms with Crippen molar-refractivity contribution in [2.24, 2.45) is 0 Å².